The maximum Gasteiger partial charge on any atom is 0.238 e. The van der Waals surface area contributed by atoms with Crippen LogP contribution in [0.3, 0.4) is 0 Å². The van der Waals surface area contributed by atoms with E-state index in [1.807, 2.05) is 0 Å². The molecule has 1 aromatic rings. The molecule has 4 nitrogen and oxygen atoms in total. The number of benzene rings is 1. The van der Waals surface area contributed by atoms with Crippen LogP contribution in [0.25, 0.3) is 0 Å². The van der Waals surface area contributed by atoms with E-state index in [-0.39, 0.29) is 11.4 Å². The summed E-state index contributed by atoms with van der Waals surface area (Å²) in [5, 5.41) is 5.21. The Morgan fingerprint density at radius 2 is 2.00 bits per heavy atom. The van der Waals surface area contributed by atoms with Crippen molar-refractivity contribution < 1.29 is 8.42 Å². The number of sulfonamides is 1. The second-order valence-electron chi connectivity index (χ2n) is 2.50. The van der Waals surface area contributed by atoms with Gasteiger partial charge in [0.15, 0.2) is 0 Å². The first-order valence-corrected chi connectivity index (χ1v) is 5.39. The zero-order valence-electron chi connectivity index (χ0n) is 6.70. The van der Waals surface area contributed by atoms with Crippen LogP contribution in [0.2, 0.25) is 5.02 Å². The summed E-state index contributed by atoms with van der Waals surface area (Å²) in [6.07, 6.45) is 0. The van der Waals surface area contributed by atoms with Gasteiger partial charge >= 0.3 is 0 Å². The molecule has 0 saturated carbocycles. The molecule has 0 aliphatic carbocycles. The predicted molar refractivity (Wildman–Crippen MR) is 50.7 cm³/mol. The second kappa shape index (κ2) is 3.63. The molecule has 0 bridgehead atoms. The maximum atomic E-state index is 10.9. The van der Waals surface area contributed by atoms with E-state index >= 15 is 0 Å². The lowest BCUT2D eigenvalue weighted by atomic mass is 10.2. The van der Waals surface area contributed by atoms with Gasteiger partial charge < -0.3 is 5.73 Å². The van der Waals surface area contributed by atoms with Crippen LogP contribution in [-0.4, -0.2) is 8.42 Å². The van der Waals surface area contributed by atoms with Gasteiger partial charge in [0.05, 0.1) is 4.90 Å². The lowest BCUT2D eigenvalue weighted by Crippen LogP contribution is -2.12. The van der Waals surface area contributed by atoms with Crippen LogP contribution in [0, 0.1) is 0 Å². The minimum absolute atomic E-state index is 0.00491. The minimum atomic E-state index is -3.68. The summed E-state index contributed by atoms with van der Waals surface area (Å²) >= 11 is 5.74. The van der Waals surface area contributed by atoms with Crippen LogP contribution >= 0.6 is 11.6 Å². The molecule has 1 aromatic carbocycles. The first kappa shape index (κ1) is 10.5. The van der Waals surface area contributed by atoms with Crippen LogP contribution in [0.15, 0.2) is 23.1 Å². The third-order valence-electron chi connectivity index (χ3n) is 1.57. The molecule has 0 spiro atoms. The van der Waals surface area contributed by atoms with Crippen molar-refractivity contribution in [2.45, 2.75) is 11.4 Å². The van der Waals surface area contributed by atoms with Gasteiger partial charge in [-0.2, -0.15) is 0 Å². The average Bonchev–Trinajstić information content (AvgIpc) is 2.02. The molecule has 0 fully saturated rings. The van der Waals surface area contributed by atoms with E-state index in [0.29, 0.717) is 10.6 Å². The number of nitrogens with two attached hydrogens (primary N) is 2. The standard InChI is InChI=1S/C7H9ClN2O2S/c8-7-3-6(13(10,11)12)2-1-5(7)4-9/h1-3H,4,9H2,(H2,10,11,12). The van der Waals surface area contributed by atoms with Crippen LogP contribution in [-0.2, 0) is 16.6 Å². The topological polar surface area (TPSA) is 86.2 Å². The summed E-state index contributed by atoms with van der Waals surface area (Å²) < 4.78 is 21.7. The van der Waals surface area contributed by atoms with Gasteiger partial charge in [0.25, 0.3) is 0 Å². The van der Waals surface area contributed by atoms with Gasteiger partial charge in [-0.1, -0.05) is 17.7 Å². The van der Waals surface area contributed by atoms with E-state index in [9.17, 15) is 8.42 Å². The molecule has 4 N–H and O–H groups in total. The molecular weight excluding hydrogens is 212 g/mol. The molecule has 0 amide bonds. The third-order valence-corrected chi connectivity index (χ3v) is 2.84. The van der Waals surface area contributed by atoms with Crippen molar-refractivity contribution in [1.29, 1.82) is 0 Å². The molecule has 0 atom stereocenters. The smallest absolute Gasteiger partial charge is 0.238 e. The first-order chi connectivity index (χ1) is 5.95. The van der Waals surface area contributed by atoms with Crippen LogP contribution < -0.4 is 10.9 Å². The molecule has 0 aliphatic heterocycles. The van der Waals surface area contributed by atoms with Gasteiger partial charge in [0, 0.05) is 11.6 Å². The quantitative estimate of drug-likeness (QED) is 0.759. The Morgan fingerprint density at radius 3 is 2.38 bits per heavy atom. The van der Waals surface area contributed by atoms with Crippen molar-refractivity contribution in [3.8, 4) is 0 Å². The Kier molecular flexibility index (Phi) is 2.92. The third kappa shape index (κ3) is 2.41. The van der Waals surface area contributed by atoms with Crippen molar-refractivity contribution in [3.05, 3.63) is 28.8 Å². The number of rotatable bonds is 2. The fourth-order valence-corrected chi connectivity index (χ4v) is 1.73. The number of hydrogen-bond acceptors (Lipinski definition) is 3. The average molecular weight is 221 g/mol. The summed E-state index contributed by atoms with van der Waals surface area (Å²) in [5.74, 6) is 0. The molecule has 0 unspecified atom stereocenters. The molecule has 13 heavy (non-hydrogen) atoms. The van der Waals surface area contributed by atoms with E-state index in [4.69, 9.17) is 22.5 Å². The van der Waals surface area contributed by atoms with Crippen LogP contribution in [0.1, 0.15) is 5.56 Å². The Hall–Kier alpha value is -0.620. The Morgan fingerprint density at radius 1 is 1.38 bits per heavy atom. The largest absolute Gasteiger partial charge is 0.326 e. The summed E-state index contributed by atoms with van der Waals surface area (Å²) in [4.78, 5) is -0.00491. The highest BCUT2D eigenvalue weighted by Crippen LogP contribution is 2.19. The Bertz CT molecular complexity index is 417. The molecule has 0 aliphatic rings. The molecule has 0 radical (unpaired) electrons. The summed E-state index contributed by atoms with van der Waals surface area (Å²) in [5.41, 5.74) is 6.03. The van der Waals surface area contributed by atoms with Crippen molar-refractivity contribution in [2.24, 2.45) is 10.9 Å². The highest BCUT2D eigenvalue weighted by molar-refractivity contribution is 7.89. The van der Waals surface area contributed by atoms with Gasteiger partial charge in [-0.15, -0.1) is 0 Å². The SMILES string of the molecule is NCc1ccc(S(N)(=O)=O)cc1Cl. The highest BCUT2D eigenvalue weighted by atomic mass is 35.5. The minimum Gasteiger partial charge on any atom is -0.326 e. The van der Waals surface area contributed by atoms with E-state index in [1.54, 1.807) is 6.07 Å². The lowest BCUT2D eigenvalue weighted by Gasteiger charge is -2.02. The number of primary sulfonamides is 1. The van der Waals surface area contributed by atoms with Crippen molar-refractivity contribution in [1.82, 2.24) is 0 Å². The Labute approximate surface area is 81.5 Å². The van der Waals surface area contributed by atoms with E-state index in [1.165, 1.54) is 12.1 Å². The van der Waals surface area contributed by atoms with Crippen molar-refractivity contribution >= 4 is 21.6 Å². The molecule has 0 heterocycles. The molecule has 6 heteroatoms. The molecule has 0 aromatic heterocycles. The number of halogens is 1. The molecule has 1 rings (SSSR count). The van der Waals surface area contributed by atoms with E-state index in [0.717, 1.165) is 0 Å². The van der Waals surface area contributed by atoms with Gasteiger partial charge in [0.2, 0.25) is 10.0 Å². The summed E-state index contributed by atoms with van der Waals surface area (Å²) in [6.45, 7) is 0.268. The first-order valence-electron chi connectivity index (χ1n) is 3.46. The van der Waals surface area contributed by atoms with E-state index < -0.39 is 10.0 Å². The summed E-state index contributed by atoms with van der Waals surface area (Å²) in [7, 11) is -3.68. The number of hydrogen-bond donors (Lipinski definition) is 2. The lowest BCUT2D eigenvalue weighted by molar-refractivity contribution is 0.598. The van der Waals surface area contributed by atoms with Gasteiger partial charge in [-0.3, -0.25) is 0 Å². The van der Waals surface area contributed by atoms with Gasteiger partial charge in [-0.25, -0.2) is 13.6 Å². The Balaban J connectivity index is 3.26. The zero-order valence-corrected chi connectivity index (χ0v) is 8.27. The second-order valence-corrected chi connectivity index (χ2v) is 4.47. The molecule has 72 valence electrons. The fourth-order valence-electron chi connectivity index (χ4n) is 0.871. The monoisotopic (exact) mass is 220 g/mol. The summed E-state index contributed by atoms with van der Waals surface area (Å²) in [6, 6.07) is 4.21. The highest BCUT2D eigenvalue weighted by Gasteiger charge is 2.09. The van der Waals surface area contributed by atoms with Crippen molar-refractivity contribution in [2.75, 3.05) is 0 Å². The van der Waals surface area contributed by atoms with Crippen LogP contribution in [0.5, 0.6) is 0 Å². The van der Waals surface area contributed by atoms with E-state index in [2.05, 4.69) is 0 Å². The maximum absolute atomic E-state index is 10.9. The normalized spacial score (nSPS) is 11.6. The molecule has 0 saturated heterocycles. The van der Waals surface area contributed by atoms with Gasteiger partial charge in [0.1, 0.15) is 0 Å². The van der Waals surface area contributed by atoms with Crippen molar-refractivity contribution in [3.63, 3.8) is 0 Å². The fraction of sp³-hybridized carbons (Fsp3) is 0.143. The van der Waals surface area contributed by atoms with Crippen LogP contribution in [0.4, 0.5) is 0 Å². The van der Waals surface area contributed by atoms with Gasteiger partial charge in [-0.05, 0) is 17.7 Å². The zero-order chi connectivity index (χ0) is 10.1. The molecular formula is C7H9ClN2O2S. The predicted octanol–water partition coefficient (Wildman–Crippen LogP) is 0.446.